The van der Waals surface area contributed by atoms with Crippen LogP contribution in [-0.2, 0) is 0 Å². The van der Waals surface area contributed by atoms with Gasteiger partial charge in [0.05, 0.1) is 18.1 Å². The lowest BCUT2D eigenvalue weighted by molar-refractivity contribution is -0.385. The molecule has 0 bridgehead atoms. The van der Waals surface area contributed by atoms with Gasteiger partial charge in [0.1, 0.15) is 6.33 Å². The molecule has 0 spiro atoms. The molecule has 0 aliphatic carbocycles. The number of hydrogen-bond donors (Lipinski definition) is 1. The minimum atomic E-state index is -0.578. The number of ether oxygens (including phenoxy) is 1. The number of anilines is 1. The smallest absolute Gasteiger partial charge is 0.372 e. The summed E-state index contributed by atoms with van der Waals surface area (Å²) in [4.78, 5) is 18.2. The fraction of sp³-hybridized carbons (Fsp3) is 0.231. The number of aromatic nitrogens is 2. The lowest BCUT2D eigenvalue weighted by Crippen LogP contribution is -2.11. The molecule has 2 aromatic rings. The van der Waals surface area contributed by atoms with Gasteiger partial charge in [-0.15, -0.1) is 0 Å². The zero-order chi connectivity index (χ0) is 15.4. The Morgan fingerprint density at radius 1 is 1.43 bits per heavy atom. The molecular formula is C13H13ClN4O3. The van der Waals surface area contributed by atoms with Gasteiger partial charge in [-0.1, -0.05) is 23.7 Å². The molecule has 1 aromatic carbocycles. The van der Waals surface area contributed by atoms with E-state index in [1.54, 1.807) is 12.1 Å². The number of nitrogens with one attached hydrogen (secondary N) is 1. The molecule has 0 amide bonds. The Kier molecular flexibility index (Phi) is 4.54. The van der Waals surface area contributed by atoms with E-state index in [-0.39, 0.29) is 23.4 Å². The third kappa shape index (κ3) is 3.38. The molecule has 0 radical (unpaired) electrons. The number of nitro groups is 1. The molecule has 7 nitrogen and oxygen atoms in total. The van der Waals surface area contributed by atoms with E-state index in [4.69, 9.17) is 16.3 Å². The SMILES string of the molecule is COc1ncnc(NC(C)c2cccc(Cl)c2)c1[N+](=O)[O-]. The Balaban J connectivity index is 2.33. The van der Waals surface area contributed by atoms with Gasteiger partial charge in [0, 0.05) is 5.02 Å². The van der Waals surface area contributed by atoms with Gasteiger partial charge in [-0.05, 0) is 24.6 Å². The normalized spacial score (nSPS) is 11.8. The number of hydrogen-bond acceptors (Lipinski definition) is 6. The first-order valence-electron chi connectivity index (χ1n) is 6.08. The summed E-state index contributed by atoms with van der Waals surface area (Å²) in [6.45, 7) is 1.85. The summed E-state index contributed by atoms with van der Waals surface area (Å²) >= 11 is 5.94. The standard InChI is InChI=1S/C13H13ClN4O3/c1-8(9-4-3-5-10(14)6-9)17-12-11(18(19)20)13(21-2)16-7-15-12/h3-8H,1-2H3,(H,15,16,17). The van der Waals surface area contributed by atoms with Crippen molar-refractivity contribution in [3.8, 4) is 5.88 Å². The fourth-order valence-electron chi connectivity index (χ4n) is 1.85. The summed E-state index contributed by atoms with van der Waals surface area (Å²) < 4.78 is 4.90. The van der Waals surface area contributed by atoms with E-state index in [0.717, 1.165) is 5.56 Å². The molecule has 0 aliphatic rings. The lowest BCUT2D eigenvalue weighted by Gasteiger charge is -2.15. The molecule has 0 aliphatic heterocycles. The molecule has 2 rings (SSSR count). The molecule has 1 aromatic heterocycles. The van der Waals surface area contributed by atoms with E-state index >= 15 is 0 Å². The number of methoxy groups -OCH3 is 1. The topological polar surface area (TPSA) is 90.2 Å². The van der Waals surface area contributed by atoms with Crippen molar-refractivity contribution in [3.05, 3.63) is 51.3 Å². The van der Waals surface area contributed by atoms with Crippen LogP contribution in [0, 0.1) is 10.1 Å². The van der Waals surface area contributed by atoms with E-state index in [9.17, 15) is 10.1 Å². The Labute approximate surface area is 126 Å². The van der Waals surface area contributed by atoms with Crippen molar-refractivity contribution in [2.24, 2.45) is 0 Å². The zero-order valence-electron chi connectivity index (χ0n) is 11.4. The van der Waals surface area contributed by atoms with Gasteiger partial charge in [-0.3, -0.25) is 10.1 Å². The molecule has 1 N–H and O–H groups in total. The largest absolute Gasteiger partial charge is 0.476 e. The Bertz CT molecular complexity index is 666. The number of rotatable bonds is 5. The van der Waals surface area contributed by atoms with Gasteiger partial charge in [-0.25, -0.2) is 4.98 Å². The van der Waals surface area contributed by atoms with Crippen molar-refractivity contribution in [3.63, 3.8) is 0 Å². The summed E-state index contributed by atoms with van der Waals surface area (Å²) in [6.07, 6.45) is 1.21. The third-order valence-corrected chi connectivity index (χ3v) is 3.10. The fourth-order valence-corrected chi connectivity index (χ4v) is 2.05. The van der Waals surface area contributed by atoms with Crippen molar-refractivity contribution >= 4 is 23.1 Å². The lowest BCUT2D eigenvalue weighted by atomic mass is 10.1. The first kappa shape index (κ1) is 15.0. The van der Waals surface area contributed by atoms with Gasteiger partial charge in [0.2, 0.25) is 5.82 Å². The summed E-state index contributed by atoms with van der Waals surface area (Å²) in [5, 5.41) is 14.7. The Morgan fingerprint density at radius 2 is 2.19 bits per heavy atom. The maximum Gasteiger partial charge on any atom is 0.372 e. The summed E-state index contributed by atoms with van der Waals surface area (Å²) in [6, 6.07) is 7.00. The van der Waals surface area contributed by atoms with Gasteiger partial charge in [0.25, 0.3) is 5.88 Å². The average molecular weight is 309 g/mol. The molecule has 1 heterocycles. The molecule has 0 fully saturated rings. The maximum absolute atomic E-state index is 11.2. The number of halogens is 1. The first-order chi connectivity index (χ1) is 10.0. The second-order valence-corrected chi connectivity index (χ2v) is 4.69. The highest BCUT2D eigenvalue weighted by Crippen LogP contribution is 2.32. The van der Waals surface area contributed by atoms with Crippen LogP contribution in [0.25, 0.3) is 0 Å². The first-order valence-corrected chi connectivity index (χ1v) is 6.46. The van der Waals surface area contributed by atoms with E-state index < -0.39 is 4.92 Å². The quantitative estimate of drug-likeness (QED) is 0.673. The van der Waals surface area contributed by atoms with Crippen molar-refractivity contribution < 1.29 is 9.66 Å². The predicted octanol–water partition coefficient (Wildman–Crippen LogP) is 3.22. The number of benzene rings is 1. The van der Waals surface area contributed by atoms with E-state index in [0.29, 0.717) is 5.02 Å². The zero-order valence-corrected chi connectivity index (χ0v) is 12.2. The van der Waals surface area contributed by atoms with Crippen LogP contribution in [0.4, 0.5) is 11.5 Å². The average Bonchev–Trinajstić information content (AvgIpc) is 2.46. The second kappa shape index (κ2) is 6.36. The van der Waals surface area contributed by atoms with Crippen molar-refractivity contribution in [2.75, 3.05) is 12.4 Å². The molecule has 1 unspecified atom stereocenters. The number of nitrogens with zero attached hydrogens (tertiary/aromatic N) is 3. The molecular weight excluding hydrogens is 296 g/mol. The summed E-state index contributed by atoms with van der Waals surface area (Å²) in [5.74, 6) is 0.00937. The van der Waals surface area contributed by atoms with Gasteiger partial charge in [-0.2, -0.15) is 4.98 Å². The van der Waals surface area contributed by atoms with Crippen LogP contribution in [0.15, 0.2) is 30.6 Å². The van der Waals surface area contributed by atoms with E-state index in [1.807, 2.05) is 19.1 Å². The van der Waals surface area contributed by atoms with Gasteiger partial charge >= 0.3 is 5.69 Å². The van der Waals surface area contributed by atoms with Crippen LogP contribution in [0.1, 0.15) is 18.5 Å². The van der Waals surface area contributed by atoms with Crippen LogP contribution in [-0.4, -0.2) is 22.0 Å². The van der Waals surface area contributed by atoms with Crippen LogP contribution in [0.5, 0.6) is 5.88 Å². The van der Waals surface area contributed by atoms with Gasteiger partial charge in [0.15, 0.2) is 0 Å². The van der Waals surface area contributed by atoms with Gasteiger partial charge < -0.3 is 10.1 Å². The maximum atomic E-state index is 11.2. The minimum Gasteiger partial charge on any atom is -0.476 e. The molecule has 8 heteroatoms. The van der Waals surface area contributed by atoms with Crippen molar-refractivity contribution in [1.82, 2.24) is 9.97 Å². The highest BCUT2D eigenvalue weighted by atomic mass is 35.5. The third-order valence-electron chi connectivity index (χ3n) is 2.87. The molecule has 110 valence electrons. The molecule has 1 atom stereocenters. The molecule has 21 heavy (non-hydrogen) atoms. The Hall–Kier alpha value is -2.41. The van der Waals surface area contributed by atoms with Crippen LogP contribution in [0.3, 0.4) is 0 Å². The van der Waals surface area contributed by atoms with Crippen molar-refractivity contribution in [2.45, 2.75) is 13.0 Å². The summed E-state index contributed by atoms with van der Waals surface area (Å²) in [5.41, 5.74) is 0.586. The van der Waals surface area contributed by atoms with E-state index in [2.05, 4.69) is 15.3 Å². The molecule has 0 saturated carbocycles. The monoisotopic (exact) mass is 308 g/mol. The molecule has 0 saturated heterocycles. The minimum absolute atomic E-state index is 0.0872. The highest BCUT2D eigenvalue weighted by Gasteiger charge is 2.25. The van der Waals surface area contributed by atoms with Crippen LogP contribution >= 0.6 is 11.6 Å². The Morgan fingerprint density at radius 3 is 2.81 bits per heavy atom. The predicted molar refractivity (Wildman–Crippen MR) is 78.7 cm³/mol. The second-order valence-electron chi connectivity index (χ2n) is 4.26. The van der Waals surface area contributed by atoms with E-state index in [1.165, 1.54) is 13.4 Å². The highest BCUT2D eigenvalue weighted by molar-refractivity contribution is 6.30. The van der Waals surface area contributed by atoms with Crippen LogP contribution in [0.2, 0.25) is 5.02 Å². The summed E-state index contributed by atoms with van der Waals surface area (Å²) in [7, 11) is 1.32. The van der Waals surface area contributed by atoms with Crippen molar-refractivity contribution in [1.29, 1.82) is 0 Å². The van der Waals surface area contributed by atoms with Crippen LogP contribution < -0.4 is 10.1 Å².